The van der Waals surface area contributed by atoms with Crippen molar-refractivity contribution in [3.63, 3.8) is 0 Å². The molecule has 0 unspecified atom stereocenters. The Morgan fingerprint density at radius 3 is 1.97 bits per heavy atom. The van der Waals surface area contributed by atoms with E-state index in [-0.39, 0.29) is 5.97 Å². The van der Waals surface area contributed by atoms with Gasteiger partial charge in [0.1, 0.15) is 5.75 Å². The molecule has 0 amide bonds. The van der Waals surface area contributed by atoms with Crippen LogP contribution in [0.15, 0.2) is 78.9 Å². The van der Waals surface area contributed by atoms with E-state index in [2.05, 4.69) is 24.3 Å². The quantitative estimate of drug-likeness (QED) is 0.122. The van der Waals surface area contributed by atoms with Crippen molar-refractivity contribution in [1.82, 2.24) is 0 Å². The molecular weight excluding hydrogens is 415 g/mol. The highest BCUT2D eigenvalue weighted by Crippen LogP contribution is 2.46. The maximum absolute atomic E-state index is 12.1. The average Bonchev–Trinajstić information content (AvgIpc) is 2.73. The van der Waals surface area contributed by atoms with Crippen LogP contribution in [0.5, 0.6) is 5.75 Å². The molecule has 5 rings (SSSR count). The van der Waals surface area contributed by atoms with Crippen molar-refractivity contribution >= 4 is 61.5 Å². The molecule has 0 saturated heterocycles. The minimum atomic E-state index is -0.368. The normalized spacial score (nSPS) is 11.3. The summed E-state index contributed by atoms with van der Waals surface area (Å²) < 4.78 is 5.83. The van der Waals surface area contributed by atoms with Gasteiger partial charge < -0.3 is 4.74 Å². The number of halogens is 2. The lowest BCUT2D eigenvalue weighted by Gasteiger charge is -2.18. The minimum Gasteiger partial charge on any atom is -0.425 e. The number of hydrogen-bond donors (Lipinski definition) is 0. The zero-order chi connectivity index (χ0) is 20.8. The SMILES string of the molecule is CC(=O)Oc1c(-c2ccc(Cl)cc2)c2ccc(Cl)cc2c2cc3ccccc3cc12. The Bertz CT molecular complexity index is 1450. The summed E-state index contributed by atoms with van der Waals surface area (Å²) in [6.07, 6.45) is 0. The van der Waals surface area contributed by atoms with Gasteiger partial charge in [0.2, 0.25) is 0 Å². The molecular formula is C26H16Cl2O2. The summed E-state index contributed by atoms with van der Waals surface area (Å²) in [6.45, 7) is 1.42. The van der Waals surface area contributed by atoms with Crippen molar-refractivity contribution in [2.75, 3.05) is 0 Å². The Morgan fingerprint density at radius 1 is 0.700 bits per heavy atom. The second-order valence-corrected chi connectivity index (χ2v) is 8.11. The van der Waals surface area contributed by atoms with E-state index in [4.69, 9.17) is 27.9 Å². The van der Waals surface area contributed by atoms with E-state index in [9.17, 15) is 4.79 Å². The fourth-order valence-electron chi connectivity index (χ4n) is 4.02. The zero-order valence-electron chi connectivity index (χ0n) is 16.1. The first-order valence-corrected chi connectivity index (χ1v) is 10.3. The minimum absolute atomic E-state index is 0.368. The van der Waals surface area contributed by atoms with Crippen LogP contribution in [0.25, 0.3) is 43.4 Å². The number of ether oxygens (including phenoxy) is 1. The lowest BCUT2D eigenvalue weighted by atomic mass is 9.90. The number of hydrogen-bond acceptors (Lipinski definition) is 2. The highest BCUT2D eigenvalue weighted by atomic mass is 35.5. The summed E-state index contributed by atoms with van der Waals surface area (Å²) in [4.78, 5) is 12.1. The monoisotopic (exact) mass is 430 g/mol. The van der Waals surface area contributed by atoms with E-state index in [1.807, 2.05) is 54.6 Å². The predicted molar refractivity (Wildman–Crippen MR) is 126 cm³/mol. The molecule has 0 spiro atoms. The molecule has 2 nitrogen and oxygen atoms in total. The van der Waals surface area contributed by atoms with Crippen LogP contribution in [-0.2, 0) is 4.79 Å². The molecule has 0 heterocycles. The number of esters is 1. The number of benzene rings is 5. The Morgan fingerprint density at radius 2 is 1.30 bits per heavy atom. The number of fused-ring (bicyclic) bond motifs is 4. The first kappa shape index (κ1) is 18.9. The molecule has 0 saturated carbocycles. The maximum Gasteiger partial charge on any atom is 0.308 e. The van der Waals surface area contributed by atoms with Crippen molar-refractivity contribution in [2.24, 2.45) is 0 Å². The predicted octanol–water partition coefficient (Wildman–Crippen LogP) is 8.05. The second kappa shape index (κ2) is 7.32. The van der Waals surface area contributed by atoms with E-state index in [1.165, 1.54) is 6.92 Å². The molecule has 0 bridgehead atoms. The summed E-state index contributed by atoms with van der Waals surface area (Å²) in [5, 5.41) is 7.29. The van der Waals surface area contributed by atoms with Gasteiger partial charge in [-0.3, -0.25) is 4.79 Å². The van der Waals surface area contributed by atoms with Gasteiger partial charge in [-0.15, -0.1) is 0 Å². The smallest absolute Gasteiger partial charge is 0.308 e. The molecule has 0 aliphatic rings. The average molecular weight is 431 g/mol. The first-order chi connectivity index (χ1) is 14.5. The standard InChI is InChI=1S/C26H16Cl2O2/c1-15(29)30-26-24-13-18-5-3-2-4-17(18)12-22(24)23-14-20(28)10-11-21(23)25(26)16-6-8-19(27)9-7-16/h2-14H,1H3. The van der Waals surface area contributed by atoms with Gasteiger partial charge in [0, 0.05) is 27.9 Å². The van der Waals surface area contributed by atoms with E-state index in [0.29, 0.717) is 15.8 Å². The van der Waals surface area contributed by atoms with Gasteiger partial charge in [-0.05, 0) is 68.9 Å². The summed E-state index contributed by atoms with van der Waals surface area (Å²) in [7, 11) is 0. The van der Waals surface area contributed by atoms with Crippen LogP contribution in [0.1, 0.15) is 6.92 Å². The van der Waals surface area contributed by atoms with Gasteiger partial charge in [0.15, 0.2) is 0 Å². The summed E-state index contributed by atoms with van der Waals surface area (Å²) in [5.74, 6) is 0.174. The fraction of sp³-hybridized carbons (Fsp3) is 0.0385. The Balaban J connectivity index is 2.02. The highest BCUT2D eigenvalue weighted by Gasteiger charge is 2.19. The van der Waals surface area contributed by atoms with Crippen LogP contribution in [-0.4, -0.2) is 5.97 Å². The Hall–Kier alpha value is -3.07. The zero-order valence-corrected chi connectivity index (χ0v) is 17.6. The van der Waals surface area contributed by atoms with Crippen molar-refractivity contribution in [1.29, 1.82) is 0 Å². The summed E-state index contributed by atoms with van der Waals surface area (Å²) in [5.41, 5.74) is 1.76. The molecule has 5 aromatic rings. The highest BCUT2D eigenvalue weighted by molar-refractivity contribution is 6.33. The van der Waals surface area contributed by atoms with Gasteiger partial charge in [0.05, 0.1) is 0 Å². The van der Waals surface area contributed by atoms with Crippen LogP contribution < -0.4 is 4.74 Å². The van der Waals surface area contributed by atoms with Gasteiger partial charge >= 0.3 is 5.97 Å². The van der Waals surface area contributed by atoms with Crippen LogP contribution in [0.3, 0.4) is 0 Å². The third kappa shape index (κ3) is 3.19. The lowest BCUT2D eigenvalue weighted by Crippen LogP contribution is -2.04. The molecule has 5 aromatic carbocycles. The van der Waals surface area contributed by atoms with Crippen molar-refractivity contribution in [3.05, 3.63) is 88.9 Å². The molecule has 0 aliphatic heterocycles. The van der Waals surface area contributed by atoms with E-state index < -0.39 is 0 Å². The summed E-state index contributed by atoms with van der Waals surface area (Å²) in [6, 6.07) is 25.7. The van der Waals surface area contributed by atoms with Crippen molar-refractivity contribution in [2.45, 2.75) is 6.92 Å². The van der Waals surface area contributed by atoms with Gasteiger partial charge in [-0.2, -0.15) is 0 Å². The van der Waals surface area contributed by atoms with Crippen LogP contribution >= 0.6 is 23.2 Å². The van der Waals surface area contributed by atoms with Crippen LogP contribution in [0.2, 0.25) is 10.0 Å². The summed E-state index contributed by atoms with van der Waals surface area (Å²) >= 11 is 12.5. The van der Waals surface area contributed by atoms with E-state index >= 15 is 0 Å². The largest absolute Gasteiger partial charge is 0.425 e. The van der Waals surface area contributed by atoms with Crippen LogP contribution in [0, 0.1) is 0 Å². The van der Waals surface area contributed by atoms with Gasteiger partial charge in [-0.1, -0.05) is 65.7 Å². The molecule has 0 atom stereocenters. The third-order valence-electron chi connectivity index (χ3n) is 5.28. The fourth-order valence-corrected chi connectivity index (χ4v) is 4.32. The number of carbonyl (C=O) groups is 1. The third-order valence-corrected chi connectivity index (χ3v) is 5.76. The Kier molecular flexibility index (Phi) is 4.62. The van der Waals surface area contributed by atoms with E-state index in [0.717, 1.165) is 43.4 Å². The molecule has 0 aliphatic carbocycles. The molecule has 30 heavy (non-hydrogen) atoms. The van der Waals surface area contributed by atoms with Crippen molar-refractivity contribution < 1.29 is 9.53 Å². The Labute approximate surface area is 183 Å². The van der Waals surface area contributed by atoms with E-state index in [1.54, 1.807) is 0 Å². The maximum atomic E-state index is 12.1. The number of carbonyl (C=O) groups excluding carboxylic acids is 1. The van der Waals surface area contributed by atoms with Crippen LogP contribution in [0.4, 0.5) is 0 Å². The lowest BCUT2D eigenvalue weighted by molar-refractivity contribution is -0.131. The molecule has 0 N–H and O–H groups in total. The topological polar surface area (TPSA) is 26.3 Å². The molecule has 0 radical (unpaired) electrons. The second-order valence-electron chi connectivity index (χ2n) is 7.24. The first-order valence-electron chi connectivity index (χ1n) is 9.53. The number of rotatable bonds is 2. The molecule has 146 valence electrons. The molecule has 0 fully saturated rings. The van der Waals surface area contributed by atoms with Gasteiger partial charge in [0.25, 0.3) is 0 Å². The molecule has 0 aromatic heterocycles. The van der Waals surface area contributed by atoms with Gasteiger partial charge in [-0.25, -0.2) is 0 Å². The van der Waals surface area contributed by atoms with Crippen molar-refractivity contribution in [3.8, 4) is 16.9 Å². The molecule has 4 heteroatoms.